The number of unbranched alkanes of at least 4 members (excludes halogenated alkanes) is 2. The van der Waals surface area contributed by atoms with Crippen molar-refractivity contribution in [1.82, 2.24) is 4.90 Å². The molecule has 0 unspecified atom stereocenters. The Morgan fingerprint density at radius 1 is 1.31 bits per heavy atom. The maximum atomic E-state index is 11.7. The van der Waals surface area contributed by atoms with E-state index in [9.17, 15) is 18.0 Å². The van der Waals surface area contributed by atoms with Gasteiger partial charge in [0, 0.05) is 20.2 Å². The third-order valence-corrected chi connectivity index (χ3v) is 1.82. The van der Waals surface area contributed by atoms with E-state index >= 15 is 0 Å². The maximum absolute atomic E-state index is 11.7. The predicted molar refractivity (Wildman–Crippen MR) is 51.0 cm³/mol. The normalized spacial score (nSPS) is 11.3. The highest BCUT2D eigenvalue weighted by molar-refractivity contribution is 5.67. The van der Waals surface area contributed by atoms with Crippen LogP contribution in [0.5, 0.6) is 0 Å². The molecule has 0 heterocycles. The molecule has 1 amide bonds. The summed E-state index contributed by atoms with van der Waals surface area (Å²) < 4.78 is 39.2. The highest BCUT2D eigenvalue weighted by atomic mass is 19.4. The molecule has 0 aliphatic carbocycles. The lowest BCUT2D eigenvalue weighted by molar-refractivity contribution is -0.162. The number of amides is 1. The summed E-state index contributed by atoms with van der Waals surface area (Å²) in [5.41, 5.74) is 0. The Balaban J connectivity index is 3.65. The van der Waals surface area contributed by atoms with Crippen LogP contribution in [0.25, 0.3) is 0 Å². The zero-order valence-electron chi connectivity index (χ0n) is 9.09. The molecule has 16 heavy (non-hydrogen) atoms. The molecule has 1 N–H and O–H groups in total. The number of nitrogens with zero attached hydrogens (tertiary/aromatic N) is 1. The van der Waals surface area contributed by atoms with E-state index in [4.69, 9.17) is 5.11 Å². The number of carbonyl (C=O) groups is 1. The Hall–Kier alpha value is -0.980. The van der Waals surface area contributed by atoms with Gasteiger partial charge in [-0.3, -0.25) is 0 Å². The molecule has 0 saturated heterocycles. The fraction of sp³-hybridized carbons (Fsp3) is 0.889. The third-order valence-electron chi connectivity index (χ3n) is 1.82. The Kier molecular flexibility index (Phi) is 6.87. The molecule has 0 fully saturated rings. The zero-order chi connectivity index (χ0) is 12.6. The summed E-state index contributed by atoms with van der Waals surface area (Å²) in [6.07, 6.45) is -3.52. The Labute approximate surface area is 92.0 Å². The van der Waals surface area contributed by atoms with Gasteiger partial charge in [0.05, 0.1) is 0 Å². The van der Waals surface area contributed by atoms with E-state index in [1.807, 2.05) is 0 Å². The number of ether oxygens (including phenoxy) is 1. The van der Waals surface area contributed by atoms with Crippen LogP contribution in [0.3, 0.4) is 0 Å². The molecule has 0 atom stereocenters. The van der Waals surface area contributed by atoms with E-state index in [1.54, 1.807) is 0 Å². The molecule has 4 nitrogen and oxygen atoms in total. The van der Waals surface area contributed by atoms with E-state index in [1.165, 1.54) is 7.05 Å². The largest absolute Gasteiger partial charge is 0.440 e. The summed E-state index contributed by atoms with van der Waals surface area (Å²) in [6, 6.07) is 0. The van der Waals surface area contributed by atoms with Crippen LogP contribution < -0.4 is 0 Å². The first kappa shape index (κ1) is 15.0. The van der Waals surface area contributed by atoms with Crippen molar-refractivity contribution in [3.8, 4) is 0 Å². The van der Waals surface area contributed by atoms with Gasteiger partial charge < -0.3 is 14.7 Å². The highest BCUT2D eigenvalue weighted by Gasteiger charge is 2.30. The second-order valence-electron chi connectivity index (χ2n) is 3.38. The molecule has 0 saturated carbocycles. The van der Waals surface area contributed by atoms with Gasteiger partial charge in [-0.15, -0.1) is 0 Å². The molecule has 7 heteroatoms. The lowest BCUT2D eigenvalue weighted by Crippen LogP contribution is -2.31. The average Bonchev–Trinajstić information content (AvgIpc) is 2.19. The van der Waals surface area contributed by atoms with Crippen LogP contribution in [0.1, 0.15) is 19.3 Å². The van der Waals surface area contributed by atoms with Crippen molar-refractivity contribution in [3.63, 3.8) is 0 Å². The molecule has 0 aromatic heterocycles. The molecule has 0 aliphatic heterocycles. The van der Waals surface area contributed by atoms with Crippen molar-refractivity contribution in [2.24, 2.45) is 0 Å². The van der Waals surface area contributed by atoms with Gasteiger partial charge in [0.25, 0.3) is 0 Å². The predicted octanol–water partition coefficient (Wildman–Crippen LogP) is 1.78. The summed E-state index contributed by atoms with van der Waals surface area (Å²) in [5.74, 6) is 0. The number of aliphatic hydroxyl groups is 1. The Morgan fingerprint density at radius 3 is 2.44 bits per heavy atom. The van der Waals surface area contributed by atoms with Crippen molar-refractivity contribution in [3.05, 3.63) is 0 Å². The van der Waals surface area contributed by atoms with Gasteiger partial charge in [-0.05, 0) is 19.3 Å². The van der Waals surface area contributed by atoms with Crippen molar-refractivity contribution in [1.29, 1.82) is 0 Å². The van der Waals surface area contributed by atoms with E-state index < -0.39 is 18.9 Å². The summed E-state index contributed by atoms with van der Waals surface area (Å²) >= 11 is 0. The van der Waals surface area contributed by atoms with Gasteiger partial charge in [0.15, 0.2) is 6.61 Å². The SMILES string of the molecule is CN(CCCCCO)C(=O)OCC(F)(F)F. The molecular formula is C9H16F3NO3. The third kappa shape index (κ3) is 8.34. The van der Waals surface area contributed by atoms with Gasteiger partial charge >= 0.3 is 12.3 Å². The van der Waals surface area contributed by atoms with Crippen LogP contribution in [-0.2, 0) is 4.74 Å². The average molecular weight is 243 g/mol. The molecule has 0 bridgehead atoms. The molecular weight excluding hydrogens is 227 g/mol. The molecule has 0 radical (unpaired) electrons. The molecule has 96 valence electrons. The number of aliphatic hydroxyl groups excluding tert-OH is 1. The highest BCUT2D eigenvalue weighted by Crippen LogP contribution is 2.14. The second-order valence-corrected chi connectivity index (χ2v) is 3.38. The van der Waals surface area contributed by atoms with Gasteiger partial charge in [-0.1, -0.05) is 0 Å². The van der Waals surface area contributed by atoms with Crippen LogP contribution in [0.2, 0.25) is 0 Å². The molecule has 0 aliphatic rings. The maximum Gasteiger partial charge on any atom is 0.422 e. The van der Waals surface area contributed by atoms with E-state index in [0.717, 1.165) is 4.90 Å². The van der Waals surface area contributed by atoms with Gasteiger partial charge in [0.1, 0.15) is 0 Å². The number of carbonyl (C=O) groups excluding carboxylic acids is 1. The molecule has 0 spiro atoms. The van der Waals surface area contributed by atoms with Crippen LogP contribution in [0.4, 0.5) is 18.0 Å². The minimum Gasteiger partial charge on any atom is -0.440 e. The van der Waals surface area contributed by atoms with E-state index in [0.29, 0.717) is 25.8 Å². The minimum absolute atomic E-state index is 0.0717. The lowest BCUT2D eigenvalue weighted by Gasteiger charge is -2.17. The Bertz CT molecular complexity index is 209. The molecule has 0 rings (SSSR count). The number of alkyl halides is 3. The first-order chi connectivity index (χ1) is 7.37. The number of halogens is 3. The van der Waals surface area contributed by atoms with Gasteiger partial charge in [0.2, 0.25) is 0 Å². The molecule has 0 aromatic rings. The first-order valence-electron chi connectivity index (χ1n) is 4.92. The number of hydrogen-bond acceptors (Lipinski definition) is 3. The monoisotopic (exact) mass is 243 g/mol. The van der Waals surface area contributed by atoms with Crippen molar-refractivity contribution >= 4 is 6.09 Å². The first-order valence-corrected chi connectivity index (χ1v) is 4.92. The van der Waals surface area contributed by atoms with E-state index in [2.05, 4.69) is 4.74 Å². The van der Waals surface area contributed by atoms with Crippen molar-refractivity contribution in [2.45, 2.75) is 25.4 Å². The Morgan fingerprint density at radius 2 is 1.94 bits per heavy atom. The summed E-state index contributed by atoms with van der Waals surface area (Å²) in [5, 5.41) is 8.48. The fourth-order valence-corrected chi connectivity index (χ4v) is 0.983. The van der Waals surface area contributed by atoms with Gasteiger partial charge in [-0.2, -0.15) is 13.2 Å². The van der Waals surface area contributed by atoms with Gasteiger partial charge in [-0.25, -0.2) is 4.79 Å². The second kappa shape index (κ2) is 7.32. The van der Waals surface area contributed by atoms with Crippen LogP contribution in [0.15, 0.2) is 0 Å². The standard InChI is InChI=1S/C9H16F3NO3/c1-13(5-3-2-4-6-14)8(15)16-7-9(10,11)12/h14H,2-7H2,1H3. The van der Waals surface area contributed by atoms with Crippen molar-refractivity contribution < 1.29 is 27.8 Å². The number of rotatable bonds is 6. The summed E-state index contributed by atoms with van der Waals surface area (Å²) in [7, 11) is 1.37. The van der Waals surface area contributed by atoms with Crippen LogP contribution in [-0.4, -0.2) is 49.1 Å². The molecule has 0 aromatic carbocycles. The van der Waals surface area contributed by atoms with E-state index in [-0.39, 0.29) is 6.61 Å². The summed E-state index contributed by atoms with van der Waals surface area (Å²) in [4.78, 5) is 12.1. The smallest absolute Gasteiger partial charge is 0.422 e. The topological polar surface area (TPSA) is 49.8 Å². The summed E-state index contributed by atoms with van der Waals surface area (Å²) in [6.45, 7) is -1.17. The van der Waals surface area contributed by atoms with Crippen LogP contribution in [0, 0.1) is 0 Å². The van der Waals surface area contributed by atoms with Crippen molar-refractivity contribution in [2.75, 3.05) is 26.8 Å². The van der Waals surface area contributed by atoms with Crippen LogP contribution >= 0.6 is 0 Å². The lowest BCUT2D eigenvalue weighted by atomic mass is 10.2. The quantitative estimate of drug-likeness (QED) is 0.723. The number of hydrogen-bond donors (Lipinski definition) is 1. The minimum atomic E-state index is -4.49. The fourth-order valence-electron chi connectivity index (χ4n) is 0.983. The zero-order valence-corrected chi connectivity index (χ0v) is 9.09.